The van der Waals surface area contributed by atoms with Gasteiger partial charge in [0, 0.05) is 0 Å². The summed E-state index contributed by atoms with van der Waals surface area (Å²) in [5, 5.41) is 0. The molecule has 0 heterocycles. The molecule has 0 unspecified atom stereocenters. The fourth-order valence-electron chi connectivity index (χ4n) is 1.53. The second-order valence-electron chi connectivity index (χ2n) is 3.53. The van der Waals surface area contributed by atoms with Gasteiger partial charge in [-0.2, -0.15) is 0 Å². The first kappa shape index (κ1) is 10.8. The van der Waals surface area contributed by atoms with Crippen LogP contribution in [0.3, 0.4) is 0 Å². The van der Waals surface area contributed by atoms with Crippen LogP contribution in [-0.4, -0.2) is 0 Å². The Labute approximate surface area is 87.0 Å². The number of hydrogen-bond acceptors (Lipinski definition) is 0. The lowest BCUT2D eigenvalue weighted by molar-refractivity contribution is 1.13. The molecule has 0 saturated heterocycles. The average Bonchev–Trinajstić information content (AvgIpc) is 2.19. The molecular weight excluding hydrogens is 168 g/mol. The van der Waals surface area contributed by atoms with E-state index < -0.39 is 0 Å². The van der Waals surface area contributed by atoms with Crippen LogP contribution in [0.25, 0.3) is 5.57 Å². The van der Waals surface area contributed by atoms with Gasteiger partial charge in [0.25, 0.3) is 0 Å². The Kier molecular flexibility index (Phi) is 3.70. The van der Waals surface area contributed by atoms with E-state index in [0.29, 0.717) is 0 Å². The Hall–Kier alpha value is -1.30. The van der Waals surface area contributed by atoms with E-state index >= 15 is 0 Å². The van der Waals surface area contributed by atoms with Gasteiger partial charge in [-0.3, -0.25) is 0 Å². The largest absolute Gasteiger partial charge is 0.0912 e. The Morgan fingerprint density at radius 3 is 2.71 bits per heavy atom. The van der Waals surface area contributed by atoms with Gasteiger partial charge in [0.05, 0.1) is 0 Å². The number of hydrogen-bond donors (Lipinski definition) is 0. The molecule has 1 rings (SSSR count). The van der Waals surface area contributed by atoms with Crippen molar-refractivity contribution in [2.45, 2.75) is 27.2 Å². The van der Waals surface area contributed by atoms with Gasteiger partial charge in [-0.15, -0.1) is 0 Å². The molecule has 0 radical (unpaired) electrons. The molecule has 0 aliphatic heterocycles. The third-order valence-electron chi connectivity index (χ3n) is 2.42. The maximum Gasteiger partial charge on any atom is -0.0158 e. The molecule has 0 aliphatic carbocycles. The highest BCUT2D eigenvalue weighted by Gasteiger charge is 2.00. The molecule has 0 spiro atoms. The van der Waals surface area contributed by atoms with Gasteiger partial charge in [0.1, 0.15) is 0 Å². The average molecular weight is 186 g/mol. The molecule has 0 heteroatoms. The minimum atomic E-state index is 1.08. The zero-order chi connectivity index (χ0) is 10.6. The summed E-state index contributed by atoms with van der Waals surface area (Å²) in [6.07, 6.45) is 5.17. The standard InChI is InChI=1S/C14H18/c1-5-7-11(3)14-10-13(6-2)9-8-12(14)4/h5,7-10H,3,6H2,1-2,4H3/b7-5-. The summed E-state index contributed by atoms with van der Waals surface area (Å²) in [7, 11) is 0. The van der Waals surface area contributed by atoms with E-state index in [0.717, 1.165) is 12.0 Å². The van der Waals surface area contributed by atoms with E-state index in [1.165, 1.54) is 16.7 Å². The van der Waals surface area contributed by atoms with Crippen molar-refractivity contribution in [2.24, 2.45) is 0 Å². The summed E-state index contributed by atoms with van der Waals surface area (Å²) >= 11 is 0. The van der Waals surface area contributed by atoms with Crippen LogP contribution in [-0.2, 0) is 6.42 Å². The van der Waals surface area contributed by atoms with Crippen LogP contribution in [0.15, 0.2) is 36.9 Å². The van der Waals surface area contributed by atoms with E-state index in [1.807, 2.05) is 13.0 Å². The zero-order valence-corrected chi connectivity index (χ0v) is 9.30. The van der Waals surface area contributed by atoms with Crippen LogP contribution in [0.1, 0.15) is 30.5 Å². The van der Waals surface area contributed by atoms with Gasteiger partial charge in [-0.05, 0) is 42.5 Å². The Morgan fingerprint density at radius 1 is 1.43 bits per heavy atom. The predicted octanol–water partition coefficient (Wildman–Crippen LogP) is 4.15. The van der Waals surface area contributed by atoms with Crippen molar-refractivity contribution in [1.82, 2.24) is 0 Å². The van der Waals surface area contributed by atoms with Crippen LogP contribution >= 0.6 is 0 Å². The smallest absolute Gasteiger partial charge is 0.0158 e. The summed E-state index contributed by atoms with van der Waals surface area (Å²) < 4.78 is 0. The highest BCUT2D eigenvalue weighted by Crippen LogP contribution is 2.20. The third-order valence-corrected chi connectivity index (χ3v) is 2.42. The minimum absolute atomic E-state index is 1.08. The van der Waals surface area contributed by atoms with Gasteiger partial charge in [0.2, 0.25) is 0 Å². The zero-order valence-electron chi connectivity index (χ0n) is 9.30. The molecule has 0 atom stereocenters. The predicted molar refractivity (Wildman–Crippen MR) is 64.4 cm³/mol. The van der Waals surface area contributed by atoms with Gasteiger partial charge in [-0.25, -0.2) is 0 Å². The summed E-state index contributed by atoms with van der Waals surface area (Å²) in [5.74, 6) is 0. The van der Waals surface area contributed by atoms with Crippen molar-refractivity contribution in [3.05, 3.63) is 53.6 Å². The lowest BCUT2D eigenvalue weighted by Gasteiger charge is -2.07. The monoisotopic (exact) mass is 186 g/mol. The molecule has 0 amide bonds. The second-order valence-corrected chi connectivity index (χ2v) is 3.53. The van der Waals surface area contributed by atoms with Crippen LogP contribution < -0.4 is 0 Å². The Balaban J connectivity index is 3.12. The van der Waals surface area contributed by atoms with Crippen LogP contribution in [0, 0.1) is 6.92 Å². The first-order valence-electron chi connectivity index (χ1n) is 5.10. The quantitative estimate of drug-likeness (QED) is 0.622. The molecule has 74 valence electrons. The van der Waals surface area contributed by atoms with Crippen molar-refractivity contribution < 1.29 is 0 Å². The molecule has 0 saturated carbocycles. The maximum absolute atomic E-state index is 4.06. The number of rotatable bonds is 3. The molecule has 0 fully saturated rings. The summed E-state index contributed by atoms with van der Waals surface area (Å²) in [6, 6.07) is 6.59. The Bertz CT molecular complexity index is 356. The maximum atomic E-state index is 4.06. The minimum Gasteiger partial charge on any atom is -0.0912 e. The van der Waals surface area contributed by atoms with Gasteiger partial charge in [0.15, 0.2) is 0 Å². The summed E-state index contributed by atoms with van der Waals surface area (Å²) in [5.41, 5.74) is 5.03. The normalized spacial score (nSPS) is 10.8. The van der Waals surface area contributed by atoms with E-state index in [-0.39, 0.29) is 0 Å². The molecule has 0 nitrogen and oxygen atoms in total. The van der Waals surface area contributed by atoms with E-state index in [4.69, 9.17) is 0 Å². The fraction of sp³-hybridized carbons (Fsp3) is 0.286. The molecule has 14 heavy (non-hydrogen) atoms. The number of aryl methyl sites for hydroxylation is 2. The molecular formula is C14H18. The summed E-state index contributed by atoms with van der Waals surface area (Å²) in [6.45, 7) is 10.4. The summed E-state index contributed by atoms with van der Waals surface area (Å²) in [4.78, 5) is 0. The van der Waals surface area contributed by atoms with E-state index in [9.17, 15) is 0 Å². The van der Waals surface area contributed by atoms with Crippen LogP contribution in [0.5, 0.6) is 0 Å². The highest BCUT2D eigenvalue weighted by molar-refractivity contribution is 5.74. The first-order chi connectivity index (χ1) is 6.69. The van der Waals surface area contributed by atoms with Gasteiger partial charge < -0.3 is 0 Å². The number of allylic oxidation sites excluding steroid dienone is 3. The van der Waals surface area contributed by atoms with Crippen molar-refractivity contribution in [3.8, 4) is 0 Å². The van der Waals surface area contributed by atoms with Crippen molar-refractivity contribution in [1.29, 1.82) is 0 Å². The highest BCUT2D eigenvalue weighted by atomic mass is 14.1. The molecule has 1 aromatic carbocycles. The molecule has 0 aliphatic rings. The molecule has 0 N–H and O–H groups in total. The van der Waals surface area contributed by atoms with Gasteiger partial charge >= 0.3 is 0 Å². The molecule has 1 aromatic rings. The Morgan fingerprint density at radius 2 is 2.14 bits per heavy atom. The van der Waals surface area contributed by atoms with Crippen molar-refractivity contribution in [3.63, 3.8) is 0 Å². The van der Waals surface area contributed by atoms with Crippen LogP contribution in [0.2, 0.25) is 0 Å². The number of benzene rings is 1. The third kappa shape index (κ3) is 2.35. The lowest BCUT2D eigenvalue weighted by atomic mass is 9.98. The molecule has 0 bridgehead atoms. The second kappa shape index (κ2) is 4.80. The van der Waals surface area contributed by atoms with Crippen molar-refractivity contribution >= 4 is 5.57 Å². The fourth-order valence-corrected chi connectivity index (χ4v) is 1.53. The van der Waals surface area contributed by atoms with E-state index in [2.05, 4.69) is 44.7 Å². The van der Waals surface area contributed by atoms with Crippen LogP contribution in [0.4, 0.5) is 0 Å². The SMILES string of the molecule is C=C(/C=C\C)c1cc(CC)ccc1C. The topological polar surface area (TPSA) is 0 Å². The lowest BCUT2D eigenvalue weighted by Crippen LogP contribution is -1.89. The van der Waals surface area contributed by atoms with E-state index in [1.54, 1.807) is 0 Å². The molecule has 0 aromatic heterocycles. The van der Waals surface area contributed by atoms with Gasteiger partial charge in [-0.1, -0.05) is 43.9 Å². The first-order valence-corrected chi connectivity index (χ1v) is 5.10. The van der Waals surface area contributed by atoms with Crippen molar-refractivity contribution in [2.75, 3.05) is 0 Å².